The Bertz CT molecular complexity index is 149. The van der Waals surface area contributed by atoms with Gasteiger partial charge in [-0.15, -0.1) is 0 Å². The Hall–Kier alpha value is -0.610. The molecule has 1 aliphatic heterocycles. The highest BCUT2D eigenvalue weighted by Gasteiger charge is 2.32. The maximum atomic E-state index is 10.5. The molecule has 0 aromatic heterocycles. The van der Waals surface area contributed by atoms with E-state index < -0.39 is 12.0 Å². The molecule has 0 unspecified atom stereocenters. The van der Waals surface area contributed by atoms with Gasteiger partial charge >= 0.3 is 5.97 Å². The van der Waals surface area contributed by atoms with E-state index in [1.807, 2.05) is 6.92 Å². The Kier molecular flexibility index (Phi) is 2.84. The van der Waals surface area contributed by atoms with Gasteiger partial charge in [-0.3, -0.25) is 4.79 Å². The van der Waals surface area contributed by atoms with Crippen LogP contribution in [-0.4, -0.2) is 36.4 Å². The van der Waals surface area contributed by atoms with Crippen molar-refractivity contribution in [2.24, 2.45) is 0 Å². The first kappa shape index (κ1) is 8.49. The van der Waals surface area contributed by atoms with Crippen LogP contribution in [0.1, 0.15) is 13.3 Å². The van der Waals surface area contributed by atoms with Crippen LogP contribution >= 0.6 is 0 Å². The molecule has 1 saturated heterocycles. The van der Waals surface area contributed by atoms with Crippen LogP contribution in [0.2, 0.25) is 0 Å². The van der Waals surface area contributed by atoms with E-state index in [0.29, 0.717) is 6.61 Å². The van der Waals surface area contributed by atoms with Crippen LogP contribution in [0.15, 0.2) is 0 Å². The number of ether oxygens (including phenoxy) is 1. The van der Waals surface area contributed by atoms with Crippen molar-refractivity contribution < 1.29 is 14.6 Å². The Morgan fingerprint density at radius 3 is 3.09 bits per heavy atom. The third-order valence-electron chi connectivity index (χ3n) is 1.81. The number of carboxylic acids is 1. The van der Waals surface area contributed by atoms with Crippen LogP contribution in [0.4, 0.5) is 0 Å². The summed E-state index contributed by atoms with van der Waals surface area (Å²) >= 11 is 0. The molecule has 1 rings (SSSR count). The molecular weight excluding hydrogens is 146 g/mol. The van der Waals surface area contributed by atoms with Crippen molar-refractivity contribution in [3.63, 3.8) is 0 Å². The summed E-state index contributed by atoms with van der Waals surface area (Å²) in [6.07, 6.45) is 0.655. The molecule has 1 fully saturated rings. The smallest absolute Gasteiger partial charge is 0.323 e. The zero-order valence-electron chi connectivity index (χ0n) is 6.54. The van der Waals surface area contributed by atoms with Crippen molar-refractivity contribution in [2.45, 2.75) is 25.5 Å². The molecule has 1 heterocycles. The predicted octanol–water partition coefficient (Wildman–Crippen LogP) is -0.162. The summed E-state index contributed by atoms with van der Waals surface area (Å²) < 4.78 is 5.23. The molecule has 11 heavy (non-hydrogen) atoms. The molecule has 0 aromatic carbocycles. The predicted molar refractivity (Wildman–Crippen MR) is 39.5 cm³/mol. The zero-order valence-corrected chi connectivity index (χ0v) is 6.54. The minimum absolute atomic E-state index is 0.141. The van der Waals surface area contributed by atoms with Crippen LogP contribution in [0, 0.1) is 0 Å². The molecule has 2 atom stereocenters. The van der Waals surface area contributed by atoms with Crippen LogP contribution < -0.4 is 5.32 Å². The van der Waals surface area contributed by atoms with Gasteiger partial charge in [0.2, 0.25) is 0 Å². The maximum absolute atomic E-state index is 10.5. The Morgan fingerprint density at radius 2 is 2.55 bits per heavy atom. The molecule has 1 aliphatic rings. The van der Waals surface area contributed by atoms with E-state index in [0.717, 1.165) is 13.0 Å². The number of carboxylic acid groups (broad SMARTS) is 1. The van der Waals surface area contributed by atoms with Crippen molar-refractivity contribution in [3.8, 4) is 0 Å². The molecule has 0 bridgehead atoms. The molecule has 0 radical (unpaired) electrons. The van der Waals surface area contributed by atoms with Gasteiger partial charge in [-0.1, -0.05) is 0 Å². The fourth-order valence-corrected chi connectivity index (χ4v) is 1.32. The summed E-state index contributed by atoms with van der Waals surface area (Å²) in [6, 6.07) is -0.505. The Morgan fingerprint density at radius 1 is 1.82 bits per heavy atom. The van der Waals surface area contributed by atoms with Crippen LogP contribution in [0.25, 0.3) is 0 Å². The van der Waals surface area contributed by atoms with Crippen LogP contribution in [-0.2, 0) is 9.53 Å². The van der Waals surface area contributed by atoms with Gasteiger partial charge < -0.3 is 15.2 Å². The summed E-state index contributed by atoms with van der Waals surface area (Å²) in [6.45, 7) is 3.19. The third-order valence-corrected chi connectivity index (χ3v) is 1.81. The lowest BCUT2D eigenvalue weighted by atomic mass is 10.2. The highest BCUT2D eigenvalue weighted by atomic mass is 16.5. The van der Waals surface area contributed by atoms with Crippen molar-refractivity contribution in [1.29, 1.82) is 0 Å². The molecule has 0 spiro atoms. The van der Waals surface area contributed by atoms with Gasteiger partial charge in [0.05, 0.1) is 6.10 Å². The molecule has 4 heteroatoms. The van der Waals surface area contributed by atoms with E-state index in [1.54, 1.807) is 0 Å². The molecule has 4 nitrogen and oxygen atoms in total. The Labute approximate surface area is 65.5 Å². The second-order valence-electron chi connectivity index (χ2n) is 2.55. The fraction of sp³-hybridized carbons (Fsp3) is 0.857. The number of rotatable bonds is 3. The lowest BCUT2D eigenvalue weighted by Crippen LogP contribution is -2.39. The average molecular weight is 159 g/mol. The van der Waals surface area contributed by atoms with Crippen molar-refractivity contribution in [3.05, 3.63) is 0 Å². The van der Waals surface area contributed by atoms with Gasteiger partial charge in [0, 0.05) is 6.61 Å². The van der Waals surface area contributed by atoms with Crippen molar-refractivity contribution in [2.75, 3.05) is 13.2 Å². The lowest BCUT2D eigenvalue weighted by molar-refractivity contribution is -0.142. The topological polar surface area (TPSA) is 58.6 Å². The van der Waals surface area contributed by atoms with Gasteiger partial charge in [-0.2, -0.15) is 0 Å². The van der Waals surface area contributed by atoms with Gasteiger partial charge in [-0.25, -0.2) is 0 Å². The minimum atomic E-state index is -0.819. The second-order valence-corrected chi connectivity index (χ2v) is 2.55. The molecular formula is C7H13NO3. The summed E-state index contributed by atoms with van der Waals surface area (Å²) in [5.74, 6) is -0.819. The largest absolute Gasteiger partial charge is 0.480 e. The second kappa shape index (κ2) is 3.69. The first-order valence-corrected chi connectivity index (χ1v) is 3.83. The van der Waals surface area contributed by atoms with E-state index in [2.05, 4.69) is 5.32 Å². The quantitative estimate of drug-likeness (QED) is 0.600. The van der Waals surface area contributed by atoms with Crippen LogP contribution in [0.3, 0.4) is 0 Å². The summed E-state index contributed by atoms with van der Waals surface area (Å²) in [4.78, 5) is 10.5. The SMILES string of the molecule is CCO[C@H]1CCN[C@@H]1C(=O)O. The van der Waals surface area contributed by atoms with E-state index in [-0.39, 0.29) is 6.10 Å². The number of hydrogen-bond acceptors (Lipinski definition) is 3. The number of aliphatic carboxylic acids is 1. The summed E-state index contributed by atoms with van der Waals surface area (Å²) in [5, 5.41) is 11.5. The highest BCUT2D eigenvalue weighted by Crippen LogP contribution is 2.10. The molecule has 0 aromatic rings. The Balaban J connectivity index is 2.44. The van der Waals surface area contributed by atoms with E-state index in [1.165, 1.54) is 0 Å². The zero-order chi connectivity index (χ0) is 8.27. The minimum Gasteiger partial charge on any atom is -0.480 e. The maximum Gasteiger partial charge on any atom is 0.323 e. The summed E-state index contributed by atoms with van der Waals surface area (Å²) in [5.41, 5.74) is 0. The number of hydrogen-bond donors (Lipinski definition) is 2. The van der Waals surface area contributed by atoms with E-state index in [4.69, 9.17) is 9.84 Å². The molecule has 0 amide bonds. The fourth-order valence-electron chi connectivity index (χ4n) is 1.32. The number of nitrogens with one attached hydrogen (secondary N) is 1. The molecule has 64 valence electrons. The molecule has 0 saturated carbocycles. The molecule has 0 aliphatic carbocycles. The van der Waals surface area contributed by atoms with Crippen molar-refractivity contribution >= 4 is 5.97 Å². The standard InChI is InChI=1S/C7H13NO3/c1-2-11-5-3-4-8-6(5)7(9)10/h5-6,8H,2-4H2,1H3,(H,9,10)/t5-,6-/m0/s1. The monoisotopic (exact) mass is 159 g/mol. The lowest BCUT2D eigenvalue weighted by Gasteiger charge is -2.14. The van der Waals surface area contributed by atoms with Gasteiger partial charge in [-0.05, 0) is 19.9 Å². The average Bonchev–Trinajstić information content (AvgIpc) is 2.36. The normalized spacial score (nSPS) is 30.6. The van der Waals surface area contributed by atoms with Gasteiger partial charge in [0.1, 0.15) is 6.04 Å². The first-order valence-electron chi connectivity index (χ1n) is 3.83. The number of carbonyl (C=O) groups is 1. The molecule has 2 N–H and O–H groups in total. The van der Waals surface area contributed by atoms with Gasteiger partial charge in [0.15, 0.2) is 0 Å². The first-order chi connectivity index (χ1) is 5.25. The van der Waals surface area contributed by atoms with E-state index in [9.17, 15) is 4.79 Å². The van der Waals surface area contributed by atoms with Crippen LogP contribution in [0.5, 0.6) is 0 Å². The summed E-state index contributed by atoms with van der Waals surface area (Å²) in [7, 11) is 0. The van der Waals surface area contributed by atoms with Gasteiger partial charge in [0.25, 0.3) is 0 Å². The van der Waals surface area contributed by atoms with Crippen molar-refractivity contribution in [1.82, 2.24) is 5.32 Å². The highest BCUT2D eigenvalue weighted by molar-refractivity contribution is 5.74. The third kappa shape index (κ3) is 1.91. The van der Waals surface area contributed by atoms with E-state index >= 15 is 0 Å².